The molecule has 0 aliphatic rings. The second-order valence-electron chi connectivity index (χ2n) is 5.41. The average Bonchev–Trinajstić information content (AvgIpc) is 2.28. The van der Waals surface area contributed by atoms with Crippen LogP contribution in [0, 0.1) is 0 Å². The van der Waals surface area contributed by atoms with Crippen molar-refractivity contribution >= 4 is 12.1 Å². The fourth-order valence-electron chi connectivity index (χ4n) is 1.52. The molecular weight excluding hydrogens is 262 g/mol. The number of benzene rings is 1. The zero-order valence-electron chi connectivity index (χ0n) is 11.7. The molecule has 0 radical (unpaired) electrons. The SMILES string of the molecule is CC(C)(C)OC(=O)NC(Cc1ccc(O)cc1)C(=O)O. The first-order chi connectivity index (χ1) is 9.17. The first-order valence-corrected chi connectivity index (χ1v) is 6.17. The highest BCUT2D eigenvalue weighted by Crippen LogP contribution is 2.12. The van der Waals surface area contributed by atoms with Crippen LogP contribution < -0.4 is 5.32 Å². The quantitative estimate of drug-likeness (QED) is 0.783. The summed E-state index contributed by atoms with van der Waals surface area (Å²) in [5, 5.41) is 20.6. The van der Waals surface area contributed by atoms with Crippen LogP contribution in [0.4, 0.5) is 4.79 Å². The fraction of sp³-hybridized carbons (Fsp3) is 0.429. The van der Waals surface area contributed by atoms with Gasteiger partial charge in [0.05, 0.1) is 0 Å². The van der Waals surface area contributed by atoms with Gasteiger partial charge in [0.1, 0.15) is 17.4 Å². The highest BCUT2D eigenvalue weighted by molar-refractivity contribution is 5.80. The molecule has 0 aromatic heterocycles. The van der Waals surface area contributed by atoms with Crippen molar-refractivity contribution in [2.45, 2.75) is 38.8 Å². The largest absolute Gasteiger partial charge is 0.508 e. The van der Waals surface area contributed by atoms with E-state index in [1.807, 2.05) is 0 Å². The van der Waals surface area contributed by atoms with E-state index in [4.69, 9.17) is 14.9 Å². The summed E-state index contributed by atoms with van der Waals surface area (Å²) in [6.07, 6.45) is -0.668. The number of aromatic hydroxyl groups is 1. The van der Waals surface area contributed by atoms with Gasteiger partial charge in [0.25, 0.3) is 0 Å². The van der Waals surface area contributed by atoms with E-state index >= 15 is 0 Å². The second-order valence-corrected chi connectivity index (χ2v) is 5.41. The molecule has 0 aliphatic carbocycles. The zero-order valence-corrected chi connectivity index (χ0v) is 11.7. The highest BCUT2D eigenvalue weighted by Gasteiger charge is 2.24. The minimum Gasteiger partial charge on any atom is -0.508 e. The maximum Gasteiger partial charge on any atom is 0.408 e. The third-order valence-corrected chi connectivity index (χ3v) is 2.37. The number of hydrogen-bond donors (Lipinski definition) is 3. The Morgan fingerprint density at radius 3 is 2.25 bits per heavy atom. The summed E-state index contributed by atoms with van der Waals surface area (Å²) in [5.41, 5.74) is -0.00247. The number of ether oxygens (including phenoxy) is 1. The lowest BCUT2D eigenvalue weighted by molar-refractivity contribution is -0.139. The van der Waals surface area contributed by atoms with Gasteiger partial charge in [-0.15, -0.1) is 0 Å². The van der Waals surface area contributed by atoms with Crippen LogP contribution >= 0.6 is 0 Å². The molecule has 0 fully saturated rings. The molecule has 1 atom stereocenters. The Morgan fingerprint density at radius 1 is 1.25 bits per heavy atom. The van der Waals surface area contributed by atoms with Crippen molar-refractivity contribution in [1.82, 2.24) is 5.32 Å². The Balaban J connectivity index is 2.68. The van der Waals surface area contributed by atoms with E-state index in [9.17, 15) is 9.59 Å². The molecule has 0 bridgehead atoms. The minimum atomic E-state index is -1.15. The summed E-state index contributed by atoms with van der Waals surface area (Å²) in [7, 11) is 0. The van der Waals surface area contributed by atoms with Gasteiger partial charge >= 0.3 is 12.1 Å². The van der Waals surface area contributed by atoms with E-state index in [1.165, 1.54) is 12.1 Å². The van der Waals surface area contributed by atoms with E-state index in [0.29, 0.717) is 5.56 Å². The van der Waals surface area contributed by atoms with Crippen LogP contribution in [0.25, 0.3) is 0 Å². The lowest BCUT2D eigenvalue weighted by Gasteiger charge is -2.22. The summed E-state index contributed by atoms with van der Waals surface area (Å²) < 4.78 is 5.02. The average molecular weight is 281 g/mol. The monoisotopic (exact) mass is 281 g/mol. The van der Waals surface area contributed by atoms with Gasteiger partial charge in [-0.3, -0.25) is 0 Å². The van der Waals surface area contributed by atoms with E-state index in [2.05, 4.69) is 5.32 Å². The first kappa shape index (κ1) is 15.8. The second kappa shape index (κ2) is 6.27. The van der Waals surface area contributed by atoms with Gasteiger partial charge in [0, 0.05) is 6.42 Å². The molecule has 1 aromatic carbocycles. The fourth-order valence-corrected chi connectivity index (χ4v) is 1.52. The lowest BCUT2D eigenvalue weighted by Crippen LogP contribution is -2.44. The number of hydrogen-bond acceptors (Lipinski definition) is 4. The van der Waals surface area contributed by atoms with Crippen LogP contribution in [0.5, 0.6) is 5.75 Å². The molecule has 6 nitrogen and oxygen atoms in total. The summed E-state index contributed by atoms with van der Waals surface area (Å²) in [4.78, 5) is 22.7. The number of carbonyl (C=O) groups excluding carboxylic acids is 1. The molecule has 1 rings (SSSR count). The molecular formula is C14H19NO5. The zero-order chi connectivity index (χ0) is 15.3. The van der Waals surface area contributed by atoms with Gasteiger partial charge < -0.3 is 20.3 Å². The molecule has 110 valence electrons. The molecule has 1 amide bonds. The van der Waals surface area contributed by atoms with Crippen LogP contribution in [-0.4, -0.2) is 33.9 Å². The maximum atomic E-state index is 11.6. The molecule has 3 N–H and O–H groups in total. The minimum absolute atomic E-state index is 0.0979. The summed E-state index contributed by atoms with van der Waals surface area (Å²) in [5.74, 6) is -1.05. The molecule has 1 aromatic rings. The number of aliphatic carboxylic acids is 1. The highest BCUT2D eigenvalue weighted by atomic mass is 16.6. The predicted molar refractivity (Wildman–Crippen MR) is 72.6 cm³/mol. The Labute approximate surface area is 117 Å². The number of nitrogens with one attached hydrogen (secondary N) is 1. The molecule has 0 aliphatic heterocycles. The number of phenols is 1. The summed E-state index contributed by atoms with van der Waals surface area (Å²) in [6, 6.07) is 5.03. The van der Waals surface area contributed by atoms with E-state index in [1.54, 1.807) is 32.9 Å². The number of carboxylic acid groups (broad SMARTS) is 1. The topological polar surface area (TPSA) is 95.9 Å². The first-order valence-electron chi connectivity index (χ1n) is 6.17. The number of carbonyl (C=O) groups is 2. The number of rotatable bonds is 4. The third-order valence-electron chi connectivity index (χ3n) is 2.37. The van der Waals surface area contributed by atoms with Crippen LogP contribution in [0.15, 0.2) is 24.3 Å². The van der Waals surface area contributed by atoms with Gasteiger partial charge in [-0.1, -0.05) is 12.1 Å². The molecule has 6 heteroatoms. The standard InChI is InChI=1S/C14H19NO5/c1-14(2,3)20-13(19)15-11(12(17)18)8-9-4-6-10(16)7-5-9/h4-7,11,16H,8H2,1-3H3,(H,15,19)(H,17,18). The maximum absolute atomic E-state index is 11.6. The Morgan fingerprint density at radius 2 is 1.80 bits per heavy atom. The normalized spacial score (nSPS) is 12.6. The van der Waals surface area contributed by atoms with Crippen LogP contribution in [0.3, 0.4) is 0 Å². The van der Waals surface area contributed by atoms with E-state index in [-0.39, 0.29) is 12.2 Å². The van der Waals surface area contributed by atoms with Crippen LogP contribution in [0.2, 0.25) is 0 Å². The molecule has 20 heavy (non-hydrogen) atoms. The molecule has 0 spiro atoms. The van der Waals surface area contributed by atoms with Crippen LogP contribution in [-0.2, 0) is 16.0 Å². The van der Waals surface area contributed by atoms with Crippen molar-refractivity contribution in [1.29, 1.82) is 0 Å². The molecule has 1 unspecified atom stereocenters. The smallest absolute Gasteiger partial charge is 0.408 e. The predicted octanol–water partition coefficient (Wildman–Crippen LogP) is 1.91. The van der Waals surface area contributed by atoms with Gasteiger partial charge in [0.15, 0.2) is 0 Å². The van der Waals surface area contributed by atoms with Crippen molar-refractivity contribution in [3.63, 3.8) is 0 Å². The number of phenolic OH excluding ortho intramolecular Hbond substituents is 1. The Hall–Kier alpha value is -2.24. The van der Waals surface area contributed by atoms with Gasteiger partial charge in [-0.05, 0) is 38.5 Å². The van der Waals surface area contributed by atoms with Gasteiger partial charge in [-0.25, -0.2) is 9.59 Å². The Kier molecular flexibility index (Phi) is 4.96. The van der Waals surface area contributed by atoms with Crippen molar-refractivity contribution in [3.8, 4) is 5.75 Å². The Bertz CT molecular complexity index is 475. The number of alkyl carbamates (subject to hydrolysis) is 1. The molecule has 0 saturated carbocycles. The van der Waals surface area contributed by atoms with Gasteiger partial charge in [0.2, 0.25) is 0 Å². The van der Waals surface area contributed by atoms with Crippen molar-refractivity contribution < 1.29 is 24.5 Å². The van der Waals surface area contributed by atoms with Gasteiger partial charge in [-0.2, -0.15) is 0 Å². The summed E-state index contributed by atoms with van der Waals surface area (Å²) >= 11 is 0. The van der Waals surface area contributed by atoms with Crippen molar-refractivity contribution in [2.24, 2.45) is 0 Å². The summed E-state index contributed by atoms with van der Waals surface area (Å²) in [6.45, 7) is 5.09. The lowest BCUT2D eigenvalue weighted by atomic mass is 10.1. The number of carboxylic acids is 1. The van der Waals surface area contributed by atoms with E-state index < -0.39 is 23.7 Å². The molecule has 0 heterocycles. The van der Waals surface area contributed by atoms with Crippen molar-refractivity contribution in [3.05, 3.63) is 29.8 Å². The third kappa shape index (κ3) is 5.60. The molecule has 0 saturated heterocycles. The van der Waals surface area contributed by atoms with E-state index in [0.717, 1.165) is 0 Å². The number of amides is 1. The van der Waals surface area contributed by atoms with Crippen molar-refractivity contribution in [2.75, 3.05) is 0 Å². The van der Waals surface area contributed by atoms with Crippen LogP contribution in [0.1, 0.15) is 26.3 Å².